The first-order chi connectivity index (χ1) is 13.1. The average molecular weight is 389 g/mol. The van der Waals surface area contributed by atoms with Crippen LogP contribution in [-0.2, 0) is 28.9 Å². The number of benzene rings is 1. The SMILES string of the molecule is CCOC(=O)Nc1nc2c(s1)CN(C(=O)CCc1ccc(OC)cc1)CC2. The molecule has 2 amide bonds. The fourth-order valence-electron chi connectivity index (χ4n) is 2.92. The van der Waals surface area contributed by atoms with Crippen molar-refractivity contribution in [2.24, 2.45) is 0 Å². The molecule has 2 aromatic rings. The summed E-state index contributed by atoms with van der Waals surface area (Å²) in [7, 11) is 1.64. The topological polar surface area (TPSA) is 80.8 Å². The van der Waals surface area contributed by atoms with E-state index in [0.717, 1.165) is 21.9 Å². The zero-order valence-electron chi connectivity index (χ0n) is 15.5. The molecular weight excluding hydrogens is 366 g/mol. The Bertz CT molecular complexity index is 804. The second kappa shape index (κ2) is 8.85. The molecule has 0 atom stereocenters. The van der Waals surface area contributed by atoms with Crippen LogP contribution >= 0.6 is 11.3 Å². The molecule has 144 valence electrons. The standard InChI is InChI=1S/C19H23N3O4S/c1-3-26-19(24)21-18-20-15-10-11-22(12-16(15)27-18)17(23)9-6-13-4-7-14(25-2)8-5-13/h4-5,7-8H,3,6,9-12H2,1-2H3,(H,20,21,24). The highest BCUT2D eigenvalue weighted by Crippen LogP contribution is 2.28. The normalized spacial score (nSPS) is 13.0. The van der Waals surface area contributed by atoms with Gasteiger partial charge < -0.3 is 14.4 Å². The summed E-state index contributed by atoms with van der Waals surface area (Å²) in [4.78, 5) is 31.4. The van der Waals surface area contributed by atoms with Gasteiger partial charge in [0.15, 0.2) is 5.13 Å². The van der Waals surface area contributed by atoms with Gasteiger partial charge in [0.25, 0.3) is 0 Å². The Hall–Kier alpha value is -2.61. The Morgan fingerprint density at radius 2 is 2.07 bits per heavy atom. The number of nitrogens with zero attached hydrogens (tertiary/aromatic N) is 2. The molecule has 0 fully saturated rings. The number of thiazole rings is 1. The van der Waals surface area contributed by atoms with Crippen molar-refractivity contribution in [3.63, 3.8) is 0 Å². The molecule has 1 aliphatic rings. The number of carbonyl (C=O) groups excluding carboxylic acids is 2. The minimum absolute atomic E-state index is 0.129. The van der Waals surface area contributed by atoms with Crippen molar-refractivity contribution in [3.8, 4) is 5.75 Å². The molecule has 0 radical (unpaired) electrons. The quantitative estimate of drug-likeness (QED) is 0.820. The summed E-state index contributed by atoms with van der Waals surface area (Å²) in [5.74, 6) is 0.941. The number of hydrogen-bond donors (Lipinski definition) is 1. The summed E-state index contributed by atoms with van der Waals surface area (Å²) in [5, 5.41) is 3.15. The Labute approximate surface area is 162 Å². The first-order valence-electron chi connectivity index (χ1n) is 8.92. The van der Waals surface area contributed by atoms with Gasteiger partial charge in [0, 0.05) is 24.3 Å². The lowest BCUT2D eigenvalue weighted by Gasteiger charge is -2.26. The largest absolute Gasteiger partial charge is 0.497 e. The van der Waals surface area contributed by atoms with E-state index < -0.39 is 6.09 Å². The van der Waals surface area contributed by atoms with Gasteiger partial charge in [-0.15, -0.1) is 0 Å². The highest BCUT2D eigenvalue weighted by molar-refractivity contribution is 7.15. The monoisotopic (exact) mass is 389 g/mol. The second-order valence-electron chi connectivity index (χ2n) is 6.15. The Morgan fingerprint density at radius 3 is 2.78 bits per heavy atom. The Morgan fingerprint density at radius 1 is 1.30 bits per heavy atom. The number of nitrogens with one attached hydrogen (secondary N) is 1. The van der Waals surface area contributed by atoms with Crippen molar-refractivity contribution >= 4 is 28.5 Å². The van der Waals surface area contributed by atoms with Gasteiger partial charge in [-0.1, -0.05) is 23.5 Å². The number of anilines is 1. The number of rotatable bonds is 6. The van der Waals surface area contributed by atoms with E-state index >= 15 is 0 Å². The van der Waals surface area contributed by atoms with Crippen LogP contribution in [0.4, 0.5) is 9.93 Å². The Kier molecular flexibility index (Phi) is 6.28. The van der Waals surface area contributed by atoms with Crippen molar-refractivity contribution in [2.75, 3.05) is 25.6 Å². The van der Waals surface area contributed by atoms with E-state index in [0.29, 0.717) is 44.1 Å². The number of fused-ring (bicyclic) bond motifs is 1. The van der Waals surface area contributed by atoms with Crippen molar-refractivity contribution in [1.82, 2.24) is 9.88 Å². The summed E-state index contributed by atoms with van der Waals surface area (Å²) in [6.07, 6.45) is 1.36. The van der Waals surface area contributed by atoms with Crippen LogP contribution in [0, 0.1) is 0 Å². The van der Waals surface area contributed by atoms with Gasteiger partial charge in [-0.2, -0.15) is 0 Å². The smallest absolute Gasteiger partial charge is 0.413 e. The molecule has 0 saturated carbocycles. The van der Waals surface area contributed by atoms with Crippen molar-refractivity contribution < 1.29 is 19.1 Å². The number of ether oxygens (including phenoxy) is 2. The predicted octanol–water partition coefficient (Wildman–Crippen LogP) is 3.24. The number of amides is 2. The third kappa shape index (κ3) is 4.97. The summed E-state index contributed by atoms with van der Waals surface area (Å²) < 4.78 is 10.0. The number of aryl methyl sites for hydroxylation is 1. The van der Waals surface area contributed by atoms with E-state index in [4.69, 9.17) is 9.47 Å². The van der Waals surface area contributed by atoms with Crippen LogP contribution in [-0.4, -0.2) is 42.1 Å². The van der Waals surface area contributed by atoms with Gasteiger partial charge in [0.05, 0.1) is 26.0 Å². The first-order valence-corrected chi connectivity index (χ1v) is 9.73. The first kappa shape index (κ1) is 19.2. The number of aromatic nitrogens is 1. The van der Waals surface area contributed by atoms with E-state index in [9.17, 15) is 9.59 Å². The molecule has 8 heteroatoms. The molecule has 0 saturated heterocycles. The van der Waals surface area contributed by atoms with Crippen molar-refractivity contribution in [3.05, 3.63) is 40.4 Å². The molecule has 1 N–H and O–H groups in total. The number of hydrogen-bond acceptors (Lipinski definition) is 6. The maximum atomic E-state index is 12.6. The third-order valence-electron chi connectivity index (χ3n) is 4.35. The van der Waals surface area contributed by atoms with Crippen molar-refractivity contribution in [1.29, 1.82) is 0 Å². The van der Waals surface area contributed by atoms with Gasteiger partial charge in [-0.25, -0.2) is 9.78 Å². The second-order valence-corrected chi connectivity index (χ2v) is 7.23. The van der Waals surface area contributed by atoms with Crippen LogP contribution in [0.1, 0.15) is 29.5 Å². The van der Waals surface area contributed by atoms with Crippen LogP contribution in [0.25, 0.3) is 0 Å². The molecule has 1 aliphatic heterocycles. The van der Waals surface area contributed by atoms with E-state index in [2.05, 4.69) is 10.3 Å². The van der Waals surface area contributed by atoms with Crippen LogP contribution in [0.2, 0.25) is 0 Å². The lowest BCUT2D eigenvalue weighted by atomic mass is 10.1. The predicted molar refractivity (Wildman–Crippen MR) is 103 cm³/mol. The molecule has 1 aromatic carbocycles. The van der Waals surface area contributed by atoms with E-state index in [1.807, 2.05) is 29.2 Å². The highest BCUT2D eigenvalue weighted by Gasteiger charge is 2.24. The molecular formula is C19H23N3O4S. The molecule has 1 aromatic heterocycles. The van der Waals surface area contributed by atoms with Crippen LogP contribution < -0.4 is 10.1 Å². The zero-order valence-corrected chi connectivity index (χ0v) is 16.3. The van der Waals surface area contributed by atoms with Crippen LogP contribution in [0.3, 0.4) is 0 Å². The fourth-order valence-corrected chi connectivity index (χ4v) is 3.93. The molecule has 0 unspecified atom stereocenters. The molecule has 0 bridgehead atoms. The molecule has 0 spiro atoms. The van der Waals surface area contributed by atoms with Crippen LogP contribution in [0.15, 0.2) is 24.3 Å². The van der Waals surface area contributed by atoms with Gasteiger partial charge >= 0.3 is 6.09 Å². The van der Waals surface area contributed by atoms with Gasteiger partial charge in [0.1, 0.15) is 5.75 Å². The summed E-state index contributed by atoms with van der Waals surface area (Å²) >= 11 is 1.40. The average Bonchev–Trinajstić information content (AvgIpc) is 3.07. The summed E-state index contributed by atoms with van der Waals surface area (Å²) in [6.45, 7) is 3.26. The third-order valence-corrected chi connectivity index (χ3v) is 5.35. The summed E-state index contributed by atoms with van der Waals surface area (Å²) in [5.41, 5.74) is 2.06. The molecule has 3 rings (SSSR count). The maximum absolute atomic E-state index is 12.6. The van der Waals surface area contributed by atoms with Crippen molar-refractivity contribution in [2.45, 2.75) is 32.7 Å². The zero-order chi connectivity index (χ0) is 19.2. The number of methoxy groups -OCH3 is 1. The maximum Gasteiger partial charge on any atom is 0.413 e. The van der Waals surface area contributed by atoms with Crippen LogP contribution in [0.5, 0.6) is 5.75 Å². The minimum Gasteiger partial charge on any atom is -0.497 e. The summed E-state index contributed by atoms with van der Waals surface area (Å²) in [6, 6.07) is 7.78. The molecule has 27 heavy (non-hydrogen) atoms. The lowest BCUT2D eigenvalue weighted by Crippen LogP contribution is -2.35. The Balaban J connectivity index is 1.54. The molecule has 0 aliphatic carbocycles. The van der Waals surface area contributed by atoms with E-state index in [-0.39, 0.29) is 5.91 Å². The fraction of sp³-hybridized carbons (Fsp3) is 0.421. The molecule has 7 nitrogen and oxygen atoms in total. The molecule has 2 heterocycles. The minimum atomic E-state index is -0.504. The lowest BCUT2D eigenvalue weighted by molar-refractivity contribution is -0.132. The highest BCUT2D eigenvalue weighted by atomic mass is 32.1. The van der Waals surface area contributed by atoms with Gasteiger partial charge in [-0.3, -0.25) is 10.1 Å². The number of carbonyl (C=O) groups is 2. The van der Waals surface area contributed by atoms with Gasteiger partial charge in [-0.05, 0) is 31.0 Å². The van der Waals surface area contributed by atoms with E-state index in [1.54, 1.807) is 14.0 Å². The van der Waals surface area contributed by atoms with Gasteiger partial charge in [0.2, 0.25) is 5.91 Å². The van der Waals surface area contributed by atoms with E-state index in [1.165, 1.54) is 11.3 Å².